The second-order valence-electron chi connectivity index (χ2n) is 5.60. The summed E-state index contributed by atoms with van der Waals surface area (Å²) in [5.74, 6) is -0.772. The molecule has 2 heterocycles. The summed E-state index contributed by atoms with van der Waals surface area (Å²) >= 11 is 0. The second kappa shape index (κ2) is 5.83. The molecule has 23 heavy (non-hydrogen) atoms. The molecule has 1 aromatic carbocycles. The Balaban J connectivity index is 1.93. The van der Waals surface area contributed by atoms with Gasteiger partial charge in [0, 0.05) is 25.7 Å². The van der Waals surface area contributed by atoms with Crippen molar-refractivity contribution < 1.29 is 14.0 Å². The van der Waals surface area contributed by atoms with Crippen LogP contribution < -0.4 is 0 Å². The number of carbonyl (C=O) groups is 2. The number of halogens is 1. The second-order valence-corrected chi connectivity index (χ2v) is 5.60. The minimum atomic E-state index is -0.531. The van der Waals surface area contributed by atoms with Crippen molar-refractivity contribution >= 4 is 11.8 Å². The number of carbonyl (C=O) groups excluding carboxylic acids is 2. The third-order valence-electron chi connectivity index (χ3n) is 4.12. The molecule has 1 aromatic heterocycles. The van der Waals surface area contributed by atoms with E-state index in [1.165, 1.54) is 23.2 Å². The standard InChI is InChI=1S/C16H17FN4O2/c1-10-15(22)20(2)6-7-21(10)16(23)13-9-18-19-14(13)11-4-3-5-12(17)8-11/h3-5,8-10H,6-7H2,1-2H3,(H,18,19)/t10-/m0/s1. The van der Waals surface area contributed by atoms with Crippen LogP contribution in [0.4, 0.5) is 4.39 Å². The first kappa shape index (κ1) is 15.2. The van der Waals surface area contributed by atoms with Crippen LogP contribution in [-0.4, -0.2) is 58.0 Å². The van der Waals surface area contributed by atoms with Crippen LogP contribution in [0.2, 0.25) is 0 Å². The van der Waals surface area contributed by atoms with Crippen molar-refractivity contribution in [2.45, 2.75) is 13.0 Å². The Morgan fingerprint density at radius 1 is 1.39 bits per heavy atom. The molecule has 2 amide bonds. The van der Waals surface area contributed by atoms with Gasteiger partial charge in [-0.15, -0.1) is 0 Å². The van der Waals surface area contributed by atoms with E-state index >= 15 is 0 Å². The molecular formula is C16H17FN4O2. The third-order valence-corrected chi connectivity index (χ3v) is 4.12. The number of benzene rings is 1. The van der Waals surface area contributed by atoms with Gasteiger partial charge in [-0.1, -0.05) is 12.1 Å². The molecule has 1 N–H and O–H groups in total. The van der Waals surface area contributed by atoms with Crippen LogP contribution in [0, 0.1) is 5.82 Å². The average Bonchev–Trinajstić information content (AvgIpc) is 3.02. The number of hydrogen-bond donors (Lipinski definition) is 1. The fourth-order valence-corrected chi connectivity index (χ4v) is 2.76. The number of piperazine rings is 1. The quantitative estimate of drug-likeness (QED) is 0.913. The minimum Gasteiger partial charge on any atom is -0.342 e. The van der Waals surface area contributed by atoms with Crippen LogP contribution >= 0.6 is 0 Å². The van der Waals surface area contributed by atoms with Crippen LogP contribution in [0.5, 0.6) is 0 Å². The Bertz CT molecular complexity index is 758. The van der Waals surface area contributed by atoms with Gasteiger partial charge in [-0.2, -0.15) is 5.10 Å². The van der Waals surface area contributed by atoms with E-state index in [0.29, 0.717) is 29.9 Å². The van der Waals surface area contributed by atoms with Gasteiger partial charge < -0.3 is 9.80 Å². The van der Waals surface area contributed by atoms with E-state index in [0.717, 1.165) is 0 Å². The van der Waals surface area contributed by atoms with Crippen molar-refractivity contribution in [2.24, 2.45) is 0 Å². The molecule has 0 spiro atoms. The first-order valence-electron chi connectivity index (χ1n) is 7.34. The monoisotopic (exact) mass is 316 g/mol. The van der Waals surface area contributed by atoms with Gasteiger partial charge in [-0.05, 0) is 19.1 Å². The average molecular weight is 316 g/mol. The van der Waals surface area contributed by atoms with Crippen LogP contribution in [0.15, 0.2) is 30.5 Å². The van der Waals surface area contributed by atoms with Gasteiger partial charge in [0.2, 0.25) is 5.91 Å². The molecule has 1 fully saturated rings. The number of rotatable bonds is 2. The Kier molecular flexibility index (Phi) is 3.85. The SMILES string of the molecule is C[C@H]1C(=O)N(C)CCN1C(=O)c1cn[nH]c1-c1cccc(F)c1. The van der Waals surface area contributed by atoms with Crippen molar-refractivity contribution in [1.82, 2.24) is 20.0 Å². The molecule has 0 saturated carbocycles. The maximum atomic E-state index is 13.4. The van der Waals surface area contributed by atoms with E-state index in [4.69, 9.17) is 0 Å². The zero-order valence-corrected chi connectivity index (χ0v) is 12.9. The largest absolute Gasteiger partial charge is 0.342 e. The molecular weight excluding hydrogens is 299 g/mol. The number of hydrogen-bond acceptors (Lipinski definition) is 3. The molecule has 0 bridgehead atoms. The Morgan fingerprint density at radius 2 is 2.17 bits per heavy atom. The highest BCUT2D eigenvalue weighted by molar-refractivity contribution is 6.02. The van der Waals surface area contributed by atoms with Gasteiger partial charge in [-0.25, -0.2) is 4.39 Å². The normalized spacial score (nSPS) is 18.4. The Morgan fingerprint density at radius 3 is 2.91 bits per heavy atom. The Labute approximate surface area is 132 Å². The molecule has 0 aliphatic carbocycles. The molecule has 1 aliphatic heterocycles. The van der Waals surface area contributed by atoms with E-state index in [1.807, 2.05) is 0 Å². The summed E-state index contributed by atoms with van der Waals surface area (Å²) in [7, 11) is 1.72. The number of nitrogens with one attached hydrogen (secondary N) is 1. The van der Waals surface area contributed by atoms with E-state index in [1.54, 1.807) is 31.0 Å². The van der Waals surface area contributed by atoms with Crippen LogP contribution in [0.25, 0.3) is 11.3 Å². The summed E-state index contributed by atoms with van der Waals surface area (Å²) < 4.78 is 13.4. The molecule has 1 saturated heterocycles. The van der Waals surface area contributed by atoms with Crippen molar-refractivity contribution in [3.8, 4) is 11.3 Å². The molecule has 0 radical (unpaired) electrons. The van der Waals surface area contributed by atoms with Gasteiger partial charge in [0.25, 0.3) is 5.91 Å². The van der Waals surface area contributed by atoms with Gasteiger partial charge in [0.15, 0.2) is 0 Å². The van der Waals surface area contributed by atoms with Crippen molar-refractivity contribution in [2.75, 3.05) is 20.1 Å². The van der Waals surface area contributed by atoms with Crippen molar-refractivity contribution in [3.05, 3.63) is 41.8 Å². The predicted octanol–water partition coefficient (Wildman–Crippen LogP) is 1.52. The summed E-state index contributed by atoms with van der Waals surface area (Å²) in [6.07, 6.45) is 1.41. The Hall–Kier alpha value is -2.70. The van der Waals surface area contributed by atoms with Gasteiger partial charge >= 0.3 is 0 Å². The van der Waals surface area contributed by atoms with Gasteiger partial charge in [-0.3, -0.25) is 14.7 Å². The van der Waals surface area contributed by atoms with Gasteiger partial charge in [0.1, 0.15) is 11.9 Å². The maximum absolute atomic E-state index is 13.4. The van der Waals surface area contributed by atoms with Crippen LogP contribution in [0.1, 0.15) is 17.3 Å². The molecule has 0 unspecified atom stereocenters. The van der Waals surface area contributed by atoms with E-state index in [2.05, 4.69) is 10.2 Å². The van der Waals surface area contributed by atoms with E-state index in [9.17, 15) is 14.0 Å². The number of amides is 2. The first-order chi connectivity index (χ1) is 11.0. The van der Waals surface area contributed by atoms with E-state index < -0.39 is 11.9 Å². The first-order valence-corrected chi connectivity index (χ1v) is 7.34. The summed E-state index contributed by atoms with van der Waals surface area (Å²) in [6.45, 7) is 2.65. The lowest BCUT2D eigenvalue weighted by Crippen LogP contribution is -2.56. The molecule has 1 aliphatic rings. The molecule has 120 valence electrons. The maximum Gasteiger partial charge on any atom is 0.258 e. The molecule has 6 nitrogen and oxygen atoms in total. The highest BCUT2D eigenvalue weighted by atomic mass is 19.1. The van der Waals surface area contributed by atoms with Gasteiger partial charge in [0.05, 0.1) is 17.5 Å². The highest BCUT2D eigenvalue weighted by Crippen LogP contribution is 2.24. The molecule has 2 aromatic rings. The smallest absolute Gasteiger partial charge is 0.258 e. The van der Waals surface area contributed by atoms with E-state index in [-0.39, 0.29) is 11.8 Å². The topological polar surface area (TPSA) is 69.3 Å². The fourth-order valence-electron chi connectivity index (χ4n) is 2.76. The molecule has 3 rings (SSSR count). The number of nitrogens with zero attached hydrogens (tertiary/aromatic N) is 3. The number of aromatic amines is 1. The zero-order valence-electron chi connectivity index (χ0n) is 12.9. The van der Waals surface area contributed by atoms with Crippen molar-refractivity contribution in [1.29, 1.82) is 0 Å². The van der Waals surface area contributed by atoms with Crippen LogP contribution in [-0.2, 0) is 4.79 Å². The predicted molar refractivity (Wildman–Crippen MR) is 82.1 cm³/mol. The highest BCUT2D eigenvalue weighted by Gasteiger charge is 2.34. The summed E-state index contributed by atoms with van der Waals surface area (Å²) in [4.78, 5) is 28.0. The molecule has 1 atom stereocenters. The lowest BCUT2D eigenvalue weighted by molar-refractivity contribution is -0.137. The fraction of sp³-hybridized carbons (Fsp3) is 0.312. The van der Waals surface area contributed by atoms with Crippen molar-refractivity contribution in [3.63, 3.8) is 0 Å². The number of H-pyrrole nitrogens is 1. The number of aromatic nitrogens is 2. The summed E-state index contributed by atoms with van der Waals surface area (Å²) in [5.41, 5.74) is 1.33. The summed E-state index contributed by atoms with van der Waals surface area (Å²) in [6, 6.07) is 5.41. The lowest BCUT2D eigenvalue weighted by atomic mass is 10.1. The minimum absolute atomic E-state index is 0.0969. The molecule has 7 heteroatoms. The zero-order chi connectivity index (χ0) is 16.6. The summed E-state index contributed by atoms with van der Waals surface area (Å²) in [5, 5.41) is 6.66. The third kappa shape index (κ3) is 2.69. The van der Waals surface area contributed by atoms with Crippen LogP contribution in [0.3, 0.4) is 0 Å². The number of likely N-dealkylation sites (N-methyl/N-ethyl adjacent to an activating group) is 1. The lowest BCUT2D eigenvalue weighted by Gasteiger charge is -2.37.